The molecule has 4 heteroatoms. The quantitative estimate of drug-likeness (QED) is 0.229. The van der Waals surface area contributed by atoms with Gasteiger partial charge in [-0.05, 0) is 82.0 Å². The van der Waals surface area contributed by atoms with Crippen molar-refractivity contribution in [1.29, 1.82) is 0 Å². The third-order valence-electron chi connectivity index (χ3n) is 7.67. The molecular formula is C36H48O4. The molecule has 0 saturated carbocycles. The van der Waals surface area contributed by atoms with Crippen molar-refractivity contribution < 1.29 is 19.8 Å². The highest BCUT2D eigenvalue weighted by molar-refractivity contribution is 6.35. The lowest BCUT2D eigenvalue weighted by molar-refractivity contribution is -0.119. The Bertz CT molecular complexity index is 1290. The van der Waals surface area contributed by atoms with Gasteiger partial charge in [-0.3, -0.25) is 9.59 Å². The summed E-state index contributed by atoms with van der Waals surface area (Å²) in [4.78, 5) is 25.7. The average molecular weight is 545 g/mol. The van der Waals surface area contributed by atoms with E-state index in [0.717, 1.165) is 44.5 Å². The van der Waals surface area contributed by atoms with Gasteiger partial charge in [0.15, 0.2) is 11.6 Å². The van der Waals surface area contributed by atoms with Crippen LogP contribution in [0.3, 0.4) is 0 Å². The van der Waals surface area contributed by atoms with E-state index in [2.05, 4.69) is 83.1 Å². The van der Waals surface area contributed by atoms with Gasteiger partial charge < -0.3 is 10.2 Å². The van der Waals surface area contributed by atoms with E-state index in [4.69, 9.17) is 0 Å². The van der Waals surface area contributed by atoms with E-state index in [1.54, 1.807) is 0 Å². The molecule has 2 aromatic rings. The Labute approximate surface area is 241 Å². The number of hydrogen-bond acceptors (Lipinski definition) is 4. The number of phenolic OH excluding ortho intramolecular Hbond substituents is 2. The van der Waals surface area contributed by atoms with E-state index in [1.807, 2.05) is 24.3 Å². The van der Waals surface area contributed by atoms with Crippen LogP contribution in [-0.4, -0.2) is 21.8 Å². The summed E-state index contributed by atoms with van der Waals surface area (Å²) in [6, 6.07) is 8.00. The van der Waals surface area contributed by atoms with Crippen LogP contribution in [0.25, 0.3) is 11.1 Å². The van der Waals surface area contributed by atoms with E-state index in [9.17, 15) is 19.8 Å². The highest BCUT2D eigenvalue weighted by atomic mass is 16.3. The summed E-state index contributed by atoms with van der Waals surface area (Å²) >= 11 is 0. The Kier molecular flexibility index (Phi) is 7.65. The number of allylic oxidation sites excluding steroid dienone is 4. The highest BCUT2D eigenvalue weighted by Gasteiger charge is 2.40. The minimum Gasteiger partial charge on any atom is -0.507 e. The van der Waals surface area contributed by atoms with Gasteiger partial charge in [-0.2, -0.15) is 0 Å². The van der Waals surface area contributed by atoms with Crippen LogP contribution in [0.2, 0.25) is 0 Å². The lowest BCUT2D eigenvalue weighted by Gasteiger charge is -2.28. The van der Waals surface area contributed by atoms with Crippen molar-refractivity contribution in [2.75, 3.05) is 0 Å². The maximum Gasteiger partial charge on any atom is 0.164 e. The maximum atomic E-state index is 12.8. The highest BCUT2D eigenvalue weighted by Crippen LogP contribution is 2.57. The Balaban J connectivity index is 2.54. The van der Waals surface area contributed by atoms with Crippen LogP contribution in [0.1, 0.15) is 130 Å². The van der Waals surface area contributed by atoms with Gasteiger partial charge in [0.05, 0.1) is 5.57 Å². The molecule has 0 aliphatic heterocycles. The van der Waals surface area contributed by atoms with Crippen LogP contribution >= 0.6 is 0 Å². The summed E-state index contributed by atoms with van der Waals surface area (Å²) in [5.41, 5.74) is 6.24. The molecule has 216 valence electrons. The predicted molar refractivity (Wildman–Crippen MR) is 166 cm³/mol. The van der Waals surface area contributed by atoms with Gasteiger partial charge in [0.2, 0.25) is 0 Å². The molecule has 0 unspecified atom stereocenters. The van der Waals surface area contributed by atoms with E-state index >= 15 is 0 Å². The van der Waals surface area contributed by atoms with Gasteiger partial charge in [0.25, 0.3) is 0 Å². The van der Waals surface area contributed by atoms with Gasteiger partial charge in [-0.15, -0.1) is 0 Å². The zero-order valence-corrected chi connectivity index (χ0v) is 27.0. The number of hydrogen-bond donors (Lipinski definition) is 2. The predicted octanol–water partition coefficient (Wildman–Crippen LogP) is 8.69. The molecule has 0 atom stereocenters. The zero-order valence-electron chi connectivity index (χ0n) is 27.0. The molecule has 0 heterocycles. The topological polar surface area (TPSA) is 74.6 Å². The molecule has 0 spiro atoms. The first kappa shape index (κ1) is 31.4. The lowest BCUT2D eigenvalue weighted by Crippen LogP contribution is -2.17. The number of phenols is 2. The fraction of sp³-hybridized carbons (Fsp3) is 0.500. The molecule has 0 amide bonds. The Morgan fingerprint density at radius 1 is 0.500 bits per heavy atom. The standard InChI is InChI=1S/C36H48O4/c1-19(37)27(20(2)38)30-28(21-15-23(33(3,4)5)31(39)24(16-21)34(6,7)8)29(30)22-17-25(35(9,10)11)32(40)26(18-22)36(12,13)14/h15-18,39-40H,1-14H3. The summed E-state index contributed by atoms with van der Waals surface area (Å²) in [6.45, 7) is 27.7. The molecule has 3 rings (SSSR count). The summed E-state index contributed by atoms with van der Waals surface area (Å²) < 4.78 is 0. The smallest absolute Gasteiger partial charge is 0.164 e. The van der Waals surface area contributed by atoms with Gasteiger partial charge in [0, 0.05) is 27.8 Å². The van der Waals surface area contributed by atoms with E-state index < -0.39 is 0 Å². The summed E-state index contributed by atoms with van der Waals surface area (Å²) in [5, 5.41) is 22.7. The fourth-order valence-corrected chi connectivity index (χ4v) is 5.46. The molecule has 0 aromatic heterocycles. The van der Waals surface area contributed by atoms with Crippen LogP contribution < -0.4 is 0 Å². The number of aromatic hydroxyl groups is 2. The van der Waals surface area contributed by atoms with Crippen LogP contribution in [0, 0.1) is 0 Å². The van der Waals surface area contributed by atoms with Crippen LogP contribution in [-0.2, 0) is 31.2 Å². The Morgan fingerprint density at radius 3 is 0.900 bits per heavy atom. The fourth-order valence-electron chi connectivity index (χ4n) is 5.46. The molecule has 2 aromatic carbocycles. The molecule has 4 nitrogen and oxygen atoms in total. The van der Waals surface area contributed by atoms with Crippen LogP contribution in [0.5, 0.6) is 11.5 Å². The molecule has 40 heavy (non-hydrogen) atoms. The maximum absolute atomic E-state index is 12.8. The molecule has 0 bridgehead atoms. The van der Waals surface area contributed by atoms with Crippen LogP contribution in [0.15, 0.2) is 35.4 Å². The summed E-state index contributed by atoms with van der Waals surface area (Å²) in [7, 11) is 0. The number of Topliss-reactive ketones (excluding diaryl/α,β-unsaturated/α-hetero) is 2. The summed E-state index contributed by atoms with van der Waals surface area (Å²) in [6.07, 6.45) is 0. The molecular weight excluding hydrogens is 496 g/mol. The molecule has 2 N–H and O–H groups in total. The lowest BCUT2D eigenvalue weighted by atomic mass is 9.78. The van der Waals surface area contributed by atoms with Gasteiger partial charge in [-0.25, -0.2) is 0 Å². The SMILES string of the molecule is CC(=O)C(C(C)=O)=C1C(c2cc(C(C)(C)C)c(O)c(C(C)(C)C)c2)=C1c1cc(C(C)(C)C)c(O)c(C(C)(C)C)c1. The van der Waals surface area contributed by atoms with E-state index in [-0.39, 0.29) is 50.3 Å². The molecule has 1 aliphatic rings. The Morgan fingerprint density at radius 2 is 0.725 bits per heavy atom. The third kappa shape index (κ3) is 5.82. The van der Waals surface area contributed by atoms with Crippen molar-refractivity contribution in [3.05, 3.63) is 68.8 Å². The monoisotopic (exact) mass is 544 g/mol. The second-order valence-electron chi connectivity index (χ2n) is 15.5. The first-order valence-corrected chi connectivity index (χ1v) is 14.2. The average Bonchev–Trinajstić information content (AvgIpc) is 3.44. The number of carbonyl (C=O) groups is 2. The number of ketones is 2. The van der Waals surface area contributed by atoms with Crippen molar-refractivity contribution in [2.24, 2.45) is 0 Å². The van der Waals surface area contributed by atoms with Crippen molar-refractivity contribution >= 4 is 22.7 Å². The summed E-state index contributed by atoms with van der Waals surface area (Å²) in [5.74, 6) is 0.0219. The van der Waals surface area contributed by atoms with Crippen molar-refractivity contribution in [1.82, 2.24) is 0 Å². The molecule has 0 radical (unpaired) electrons. The number of benzene rings is 2. The van der Waals surface area contributed by atoms with Gasteiger partial charge in [-0.1, -0.05) is 83.1 Å². The second kappa shape index (κ2) is 9.75. The van der Waals surface area contributed by atoms with Crippen molar-refractivity contribution in [3.63, 3.8) is 0 Å². The van der Waals surface area contributed by atoms with Crippen molar-refractivity contribution in [3.8, 4) is 11.5 Å². The van der Waals surface area contributed by atoms with E-state index in [0.29, 0.717) is 5.57 Å². The first-order chi connectivity index (χ1) is 17.9. The molecule has 0 fully saturated rings. The minimum atomic E-state index is -0.332. The zero-order chi connectivity index (χ0) is 30.9. The minimum absolute atomic E-state index is 0.190. The molecule has 0 saturated heterocycles. The van der Waals surface area contributed by atoms with Crippen LogP contribution in [0.4, 0.5) is 0 Å². The first-order valence-electron chi connectivity index (χ1n) is 14.2. The second-order valence-corrected chi connectivity index (χ2v) is 15.5. The van der Waals surface area contributed by atoms with E-state index in [1.165, 1.54) is 13.8 Å². The largest absolute Gasteiger partial charge is 0.507 e. The number of rotatable bonds is 4. The normalized spacial score (nSPS) is 14.5. The Hall–Kier alpha value is -3.14. The van der Waals surface area contributed by atoms with Gasteiger partial charge in [0.1, 0.15) is 11.5 Å². The number of carbonyl (C=O) groups excluding carboxylic acids is 2. The molecule has 1 aliphatic carbocycles. The van der Waals surface area contributed by atoms with Gasteiger partial charge >= 0.3 is 0 Å². The third-order valence-corrected chi connectivity index (χ3v) is 7.67. The van der Waals surface area contributed by atoms with Crippen molar-refractivity contribution in [2.45, 2.75) is 119 Å².